The van der Waals surface area contributed by atoms with E-state index >= 15 is 0 Å². The van der Waals surface area contributed by atoms with Gasteiger partial charge < -0.3 is 5.32 Å². The molecule has 0 amide bonds. The quantitative estimate of drug-likeness (QED) is 0.789. The second-order valence-electron chi connectivity index (χ2n) is 5.44. The fourth-order valence-electron chi connectivity index (χ4n) is 2.54. The Morgan fingerprint density at radius 1 is 1.31 bits per heavy atom. The Hall–Kier alpha value is -1.05. The summed E-state index contributed by atoms with van der Waals surface area (Å²) >= 11 is 0. The van der Waals surface area contributed by atoms with Gasteiger partial charge in [0.1, 0.15) is 5.82 Å². The van der Waals surface area contributed by atoms with Crippen LogP contribution in [0, 0.1) is 11.2 Å². The average Bonchev–Trinajstić information content (AvgIpc) is 2.21. The molecular weight excluding hydrogens is 201 g/mol. The van der Waals surface area contributed by atoms with Crippen molar-refractivity contribution in [2.24, 2.45) is 5.41 Å². The minimum absolute atomic E-state index is 0.168. The Bertz CT molecular complexity index is 360. The molecule has 0 bridgehead atoms. The SMILES string of the molecule is CC1(C)CCCCC1Nc1cccc(F)c1. The van der Waals surface area contributed by atoms with Crippen molar-refractivity contribution in [1.29, 1.82) is 0 Å². The van der Waals surface area contributed by atoms with Crippen LogP contribution in [0.15, 0.2) is 24.3 Å². The molecule has 1 aliphatic rings. The highest BCUT2D eigenvalue weighted by atomic mass is 19.1. The second-order valence-corrected chi connectivity index (χ2v) is 5.44. The predicted octanol–water partition coefficient (Wildman–Crippen LogP) is 4.21. The van der Waals surface area contributed by atoms with Gasteiger partial charge in [-0.1, -0.05) is 32.8 Å². The maximum atomic E-state index is 13.1. The summed E-state index contributed by atoms with van der Waals surface area (Å²) in [7, 11) is 0. The molecule has 1 nitrogen and oxygen atoms in total. The third-order valence-electron chi connectivity index (χ3n) is 3.67. The molecule has 0 aliphatic heterocycles. The summed E-state index contributed by atoms with van der Waals surface area (Å²) in [6.45, 7) is 4.59. The lowest BCUT2D eigenvalue weighted by atomic mass is 9.73. The van der Waals surface area contributed by atoms with E-state index in [9.17, 15) is 4.39 Å². The van der Waals surface area contributed by atoms with Gasteiger partial charge in [0, 0.05) is 11.7 Å². The van der Waals surface area contributed by atoms with E-state index in [1.54, 1.807) is 12.1 Å². The summed E-state index contributed by atoms with van der Waals surface area (Å²) in [6, 6.07) is 7.21. The van der Waals surface area contributed by atoms with Gasteiger partial charge in [-0.3, -0.25) is 0 Å². The van der Waals surface area contributed by atoms with Gasteiger partial charge in [-0.25, -0.2) is 4.39 Å². The third kappa shape index (κ3) is 2.55. The van der Waals surface area contributed by atoms with Crippen molar-refractivity contribution < 1.29 is 4.39 Å². The Balaban J connectivity index is 2.08. The Morgan fingerprint density at radius 2 is 2.12 bits per heavy atom. The highest BCUT2D eigenvalue weighted by Gasteiger charge is 2.31. The van der Waals surface area contributed by atoms with Crippen molar-refractivity contribution in [3.05, 3.63) is 30.1 Å². The molecule has 0 radical (unpaired) electrons. The average molecular weight is 221 g/mol. The van der Waals surface area contributed by atoms with Gasteiger partial charge in [0.15, 0.2) is 0 Å². The fourth-order valence-corrected chi connectivity index (χ4v) is 2.54. The van der Waals surface area contributed by atoms with Crippen molar-refractivity contribution in [2.45, 2.75) is 45.6 Å². The highest BCUT2D eigenvalue weighted by molar-refractivity contribution is 5.44. The van der Waals surface area contributed by atoms with Crippen molar-refractivity contribution in [3.63, 3.8) is 0 Å². The molecule has 0 spiro atoms. The van der Waals surface area contributed by atoms with Crippen LogP contribution in [-0.4, -0.2) is 6.04 Å². The van der Waals surface area contributed by atoms with E-state index in [0.29, 0.717) is 11.5 Å². The van der Waals surface area contributed by atoms with Crippen molar-refractivity contribution >= 4 is 5.69 Å². The number of benzene rings is 1. The van der Waals surface area contributed by atoms with Crippen LogP contribution in [0.2, 0.25) is 0 Å². The lowest BCUT2D eigenvalue weighted by Gasteiger charge is -2.39. The lowest BCUT2D eigenvalue weighted by molar-refractivity contribution is 0.217. The number of hydrogen-bond acceptors (Lipinski definition) is 1. The molecule has 0 saturated heterocycles. The van der Waals surface area contributed by atoms with Gasteiger partial charge in [0.05, 0.1) is 0 Å². The van der Waals surface area contributed by atoms with Crippen molar-refractivity contribution in [2.75, 3.05) is 5.32 Å². The first kappa shape index (κ1) is 11.4. The zero-order valence-corrected chi connectivity index (χ0v) is 10.1. The zero-order chi connectivity index (χ0) is 11.6. The first-order valence-corrected chi connectivity index (χ1v) is 6.10. The standard InChI is InChI=1S/C14H20FN/c1-14(2)9-4-3-8-13(14)16-12-7-5-6-11(15)10-12/h5-7,10,13,16H,3-4,8-9H2,1-2H3. The molecule has 0 aromatic heterocycles. The molecule has 0 heterocycles. The predicted molar refractivity (Wildman–Crippen MR) is 66.1 cm³/mol. The number of nitrogens with one attached hydrogen (secondary N) is 1. The summed E-state index contributed by atoms with van der Waals surface area (Å²) in [6.07, 6.45) is 5.02. The van der Waals surface area contributed by atoms with Gasteiger partial charge >= 0.3 is 0 Å². The molecule has 1 aromatic rings. The molecule has 88 valence electrons. The normalized spacial score (nSPS) is 24.1. The summed E-state index contributed by atoms with van der Waals surface area (Å²) < 4.78 is 13.1. The molecule has 2 rings (SSSR count). The van der Waals surface area contributed by atoms with E-state index in [-0.39, 0.29) is 5.82 Å². The molecule has 1 saturated carbocycles. The van der Waals surface area contributed by atoms with Crippen LogP contribution in [-0.2, 0) is 0 Å². The third-order valence-corrected chi connectivity index (χ3v) is 3.67. The van der Waals surface area contributed by atoms with Crippen LogP contribution in [0.1, 0.15) is 39.5 Å². The minimum Gasteiger partial charge on any atom is -0.382 e. The fraction of sp³-hybridized carbons (Fsp3) is 0.571. The van der Waals surface area contributed by atoms with Crippen LogP contribution < -0.4 is 5.32 Å². The highest BCUT2D eigenvalue weighted by Crippen LogP contribution is 2.37. The van der Waals surface area contributed by atoms with E-state index in [1.807, 2.05) is 6.07 Å². The number of hydrogen-bond donors (Lipinski definition) is 1. The first-order chi connectivity index (χ1) is 7.58. The molecule has 2 heteroatoms. The lowest BCUT2D eigenvalue weighted by Crippen LogP contribution is -2.38. The number of anilines is 1. The van der Waals surface area contributed by atoms with E-state index < -0.39 is 0 Å². The summed E-state index contributed by atoms with van der Waals surface area (Å²) in [5, 5.41) is 3.47. The molecule has 1 atom stereocenters. The second kappa shape index (κ2) is 4.44. The topological polar surface area (TPSA) is 12.0 Å². The van der Waals surface area contributed by atoms with Crippen LogP contribution in [0.4, 0.5) is 10.1 Å². The summed E-state index contributed by atoms with van der Waals surface area (Å²) in [4.78, 5) is 0. The van der Waals surface area contributed by atoms with Crippen molar-refractivity contribution in [1.82, 2.24) is 0 Å². The van der Waals surface area contributed by atoms with Crippen LogP contribution in [0.5, 0.6) is 0 Å². The van der Waals surface area contributed by atoms with Gasteiger partial charge in [0.2, 0.25) is 0 Å². The van der Waals surface area contributed by atoms with E-state index in [2.05, 4.69) is 19.2 Å². The van der Waals surface area contributed by atoms with Gasteiger partial charge in [0.25, 0.3) is 0 Å². The molecule has 1 unspecified atom stereocenters. The zero-order valence-electron chi connectivity index (χ0n) is 10.1. The van der Waals surface area contributed by atoms with Gasteiger partial charge in [-0.05, 0) is 36.5 Å². The maximum Gasteiger partial charge on any atom is 0.125 e. The Morgan fingerprint density at radius 3 is 2.81 bits per heavy atom. The van der Waals surface area contributed by atoms with Crippen LogP contribution in [0.3, 0.4) is 0 Å². The molecular formula is C14H20FN. The summed E-state index contributed by atoms with van der Waals surface area (Å²) in [5.74, 6) is -0.168. The van der Waals surface area contributed by atoms with Gasteiger partial charge in [-0.15, -0.1) is 0 Å². The van der Waals surface area contributed by atoms with Crippen LogP contribution >= 0.6 is 0 Å². The molecule has 1 aliphatic carbocycles. The Labute approximate surface area is 97.1 Å². The minimum atomic E-state index is -0.168. The first-order valence-electron chi connectivity index (χ1n) is 6.10. The maximum absolute atomic E-state index is 13.1. The largest absolute Gasteiger partial charge is 0.382 e. The van der Waals surface area contributed by atoms with E-state index in [0.717, 1.165) is 5.69 Å². The number of rotatable bonds is 2. The molecule has 1 fully saturated rings. The Kier molecular flexibility index (Phi) is 3.17. The van der Waals surface area contributed by atoms with E-state index in [1.165, 1.54) is 31.7 Å². The van der Waals surface area contributed by atoms with Crippen LogP contribution in [0.25, 0.3) is 0 Å². The smallest absolute Gasteiger partial charge is 0.125 e. The summed E-state index contributed by atoms with van der Waals surface area (Å²) in [5.41, 5.74) is 1.21. The monoisotopic (exact) mass is 221 g/mol. The van der Waals surface area contributed by atoms with Gasteiger partial charge in [-0.2, -0.15) is 0 Å². The molecule has 1 N–H and O–H groups in total. The number of halogens is 1. The van der Waals surface area contributed by atoms with Crippen molar-refractivity contribution in [3.8, 4) is 0 Å². The molecule has 16 heavy (non-hydrogen) atoms. The van der Waals surface area contributed by atoms with E-state index in [4.69, 9.17) is 0 Å². The molecule has 1 aromatic carbocycles.